The zero-order chi connectivity index (χ0) is 11.6. The van der Waals surface area contributed by atoms with Crippen molar-refractivity contribution >= 4 is 5.97 Å². The fraction of sp³-hybridized carbons (Fsp3) is 0.500. The van der Waals surface area contributed by atoms with Gasteiger partial charge in [0, 0.05) is 6.20 Å². The molecule has 0 atom stereocenters. The van der Waals surface area contributed by atoms with Crippen LogP contribution in [0.5, 0.6) is 0 Å². The molecule has 86 valence electrons. The normalized spacial score (nSPS) is 18.4. The SMILES string of the molecule is COC(=O)c1cc(C2(O)CCCC2)ccn1. The molecule has 1 heterocycles. The van der Waals surface area contributed by atoms with Gasteiger partial charge in [0.2, 0.25) is 0 Å². The Labute approximate surface area is 94.3 Å². The van der Waals surface area contributed by atoms with Crippen LogP contribution >= 0.6 is 0 Å². The zero-order valence-electron chi connectivity index (χ0n) is 9.27. The molecular weight excluding hydrogens is 206 g/mol. The van der Waals surface area contributed by atoms with Crippen LogP contribution in [0.1, 0.15) is 41.7 Å². The highest BCUT2D eigenvalue weighted by atomic mass is 16.5. The molecule has 1 aliphatic rings. The Morgan fingerprint density at radius 2 is 2.19 bits per heavy atom. The molecule has 0 aliphatic heterocycles. The van der Waals surface area contributed by atoms with Crippen molar-refractivity contribution in [3.63, 3.8) is 0 Å². The van der Waals surface area contributed by atoms with Gasteiger partial charge >= 0.3 is 5.97 Å². The van der Waals surface area contributed by atoms with Crippen molar-refractivity contribution in [2.24, 2.45) is 0 Å². The third kappa shape index (κ3) is 1.93. The molecule has 1 aromatic rings. The molecule has 4 heteroatoms. The standard InChI is InChI=1S/C12H15NO3/c1-16-11(14)10-8-9(4-7-13-10)12(15)5-2-3-6-12/h4,7-8,15H,2-3,5-6H2,1H3. The van der Waals surface area contributed by atoms with Crippen LogP contribution in [0.4, 0.5) is 0 Å². The van der Waals surface area contributed by atoms with Crippen LogP contribution in [0, 0.1) is 0 Å². The lowest BCUT2D eigenvalue weighted by atomic mass is 9.92. The second-order valence-corrected chi connectivity index (χ2v) is 4.16. The second-order valence-electron chi connectivity index (χ2n) is 4.16. The van der Waals surface area contributed by atoms with Crippen molar-refractivity contribution in [2.45, 2.75) is 31.3 Å². The molecule has 1 saturated carbocycles. The summed E-state index contributed by atoms with van der Waals surface area (Å²) in [6.07, 6.45) is 5.08. The lowest BCUT2D eigenvalue weighted by molar-refractivity contribution is 0.0440. The average Bonchev–Trinajstić information content (AvgIpc) is 2.77. The Morgan fingerprint density at radius 3 is 2.81 bits per heavy atom. The van der Waals surface area contributed by atoms with Crippen LogP contribution < -0.4 is 0 Å². The molecule has 0 radical (unpaired) electrons. The minimum atomic E-state index is -0.786. The summed E-state index contributed by atoms with van der Waals surface area (Å²) in [5, 5.41) is 10.4. The van der Waals surface area contributed by atoms with E-state index in [0.717, 1.165) is 31.2 Å². The summed E-state index contributed by atoms with van der Waals surface area (Å²) in [5.74, 6) is -0.469. The Kier molecular flexibility index (Phi) is 2.92. The van der Waals surface area contributed by atoms with E-state index >= 15 is 0 Å². The van der Waals surface area contributed by atoms with Gasteiger partial charge in [0.15, 0.2) is 0 Å². The fourth-order valence-electron chi connectivity index (χ4n) is 2.18. The summed E-state index contributed by atoms with van der Waals surface area (Å²) in [6, 6.07) is 3.38. The number of carbonyl (C=O) groups is 1. The van der Waals surface area contributed by atoms with Gasteiger partial charge in [0.05, 0.1) is 12.7 Å². The lowest BCUT2D eigenvalue weighted by Gasteiger charge is -2.22. The van der Waals surface area contributed by atoms with Crippen molar-refractivity contribution < 1.29 is 14.6 Å². The van der Waals surface area contributed by atoms with E-state index in [-0.39, 0.29) is 5.69 Å². The smallest absolute Gasteiger partial charge is 0.356 e. The first-order chi connectivity index (χ1) is 7.65. The number of aliphatic hydroxyl groups is 1. The first-order valence-corrected chi connectivity index (χ1v) is 5.43. The van der Waals surface area contributed by atoms with Crippen molar-refractivity contribution in [3.05, 3.63) is 29.6 Å². The van der Waals surface area contributed by atoms with E-state index in [4.69, 9.17) is 0 Å². The number of hydrogen-bond acceptors (Lipinski definition) is 4. The van der Waals surface area contributed by atoms with Crippen molar-refractivity contribution in [3.8, 4) is 0 Å². The van der Waals surface area contributed by atoms with Gasteiger partial charge in [0.25, 0.3) is 0 Å². The van der Waals surface area contributed by atoms with Gasteiger partial charge in [-0.3, -0.25) is 0 Å². The van der Waals surface area contributed by atoms with Crippen LogP contribution in [-0.2, 0) is 10.3 Å². The molecule has 0 amide bonds. The Morgan fingerprint density at radius 1 is 1.50 bits per heavy atom. The van der Waals surface area contributed by atoms with Gasteiger partial charge in [-0.25, -0.2) is 9.78 Å². The van der Waals surface area contributed by atoms with Crippen LogP contribution in [0.3, 0.4) is 0 Å². The molecule has 1 aliphatic carbocycles. The largest absolute Gasteiger partial charge is 0.464 e. The highest BCUT2D eigenvalue weighted by molar-refractivity contribution is 5.87. The molecule has 1 N–H and O–H groups in total. The monoisotopic (exact) mass is 221 g/mol. The number of ether oxygens (including phenoxy) is 1. The summed E-state index contributed by atoms with van der Waals surface area (Å²) in [5.41, 5.74) is 0.229. The predicted octanol–water partition coefficient (Wildman–Crippen LogP) is 1.63. The Hall–Kier alpha value is -1.42. The third-order valence-electron chi connectivity index (χ3n) is 3.12. The highest BCUT2D eigenvalue weighted by Crippen LogP contribution is 2.38. The summed E-state index contributed by atoms with van der Waals surface area (Å²) in [6.45, 7) is 0. The first kappa shape index (κ1) is 11.1. The first-order valence-electron chi connectivity index (χ1n) is 5.43. The van der Waals surface area contributed by atoms with E-state index in [9.17, 15) is 9.90 Å². The van der Waals surface area contributed by atoms with E-state index in [1.807, 2.05) is 0 Å². The number of rotatable bonds is 2. The quantitative estimate of drug-likeness (QED) is 0.771. The number of esters is 1. The van der Waals surface area contributed by atoms with Crippen LogP contribution in [0.15, 0.2) is 18.3 Å². The van der Waals surface area contributed by atoms with E-state index in [2.05, 4.69) is 9.72 Å². The van der Waals surface area contributed by atoms with E-state index in [0.29, 0.717) is 0 Å². The molecule has 0 bridgehead atoms. The summed E-state index contributed by atoms with van der Waals surface area (Å²) < 4.78 is 4.60. The van der Waals surface area contributed by atoms with Gasteiger partial charge < -0.3 is 9.84 Å². The fourth-order valence-corrected chi connectivity index (χ4v) is 2.18. The van der Waals surface area contributed by atoms with E-state index in [1.54, 1.807) is 12.1 Å². The minimum absolute atomic E-state index is 0.250. The maximum Gasteiger partial charge on any atom is 0.356 e. The molecular formula is C12H15NO3. The van der Waals surface area contributed by atoms with E-state index < -0.39 is 11.6 Å². The van der Waals surface area contributed by atoms with Crippen LogP contribution in [0.25, 0.3) is 0 Å². The van der Waals surface area contributed by atoms with Gasteiger partial charge in [-0.15, -0.1) is 0 Å². The molecule has 0 aromatic carbocycles. The van der Waals surface area contributed by atoms with Crippen LogP contribution in [0.2, 0.25) is 0 Å². The molecule has 16 heavy (non-hydrogen) atoms. The van der Waals surface area contributed by atoms with Gasteiger partial charge in [0.1, 0.15) is 5.69 Å². The number of nitrogens with zero attached hydrogens (tertiary/aromatic N) is 1. The molecule has 2 rings (SSSR count). The maximum atomic E-state index is 11.3. The number of methoxy groups -OCH3 is 1. The molecule has 0 saturated heterocycles. The average molecular weight is 221 g/mol. The number of pyridine rings is 1. The Bertz CT molecular complexity index is 397. The van der Waals surface area contributed by atoms with Gasteiger partial charge in [-0.1, -0.05) is 12.8 Å². The second kappa shape index (κ2) is 4.22. The Balaban J connectivity index is 2.32. The van der Waals surface area contributed by atoms with Crippen molar-refractivity contribution in [1.82, 2.24) is 4.98 Å². The molecule has 1 fully saturated rings. The maximum absolute atomic E-state index is 11.3. The summed E-state index contributed by atoms with van der Waals surface area (Å²) in [4.78, 5) is 15.2. The summed E-state index contributed by atoms with van der Waals surface area (Å²) >= 11 is 0. The zero-order valence-corrected chi connectivity index (χ0v) is 9.27. The number of hydrogen-bond donors (Lipinski definition) is 1. The topological polar surface area (TPSA) is 59.4 Å². The molecule has 0 unspecified atom stereocenters. The minimum Gasteiger partial charge on any atom is -0.464 e. The number of aromatic nitrogens is 1. The molecule has 4 nitrogen and oxygen atoms in total. The van der Waals surface area contributed by atoms with Gasteiger partial charge in [-0.05, 0) is 30.5 Å². The number of carbonyl (C=O) groups excluding carboxylic acids is 1. The highest BCUT2D eigenvalue weighted by Gasteiger charge is 2.33. The van der Waals surface area contributed by atoms with Crippen molar-refractivity contribution in [1.29, 1.82) is 0 Å². The van der Waals surface area contributed by atoms with Crippen LogP contribution in [-0.4, -0.2) is 23.2 Å². The van der Waals surface area contributed by atoms with Gasteiger partial charge in [-0.2, -0.15) is 0 Å². The lowest BCUT2D eigenvalue weighted by Crippen LogP contribution is -2.21. The van der Waals surface area contributed by atoms with Crippen molar-refractivity contribution in [2.75, 3.05) is 7.11 Å². The third-order valence-corrected chi connectivity index (χ3v) is 3.12. The molecule has 0 spiro atoms. The summed E-state index contributed by atoms with van der Waals surface area (Å²) in [7, 11) is 1.32. The molecule has 1 aromatic heterocycles. The predicted molar refractivity (Wildman–Crippen MR) is 57.9 cm³/mol. The van der Waals surface area contributed by atoms with E-state index in [1.165, 1.54) is 13.3 Å².